The highest BCUT2D eigenvalue weighted by molar-refractivity contribution is 5.20. The Morgan fingerprint density at radius 3 is 2.65 bits per heavy atom. The molecule has 1 fully saturated rings. The molecule has 2 rings (SSSR count). The van der Waals surface area contributed by atoms with Gasteiger partial charge >= 0.3 is 6.18 Å². The zero-order chi connectivity index (χ0) is 12.5. The van der Waals surface area contributed by atoms with Gasteiger partial charge in [-0.05, 0) is 18.6 Å². The second-order valence-corrected chi connectivity index (χ2v) is 4.13. The van der Waals surface area contributed by atoms with Crippen LogP contribution in [0, 0.1) is 0 Å². The summed E-state index contributed by atoms with van der Waals surface area (Å²) in [7, 11) is 0. The first kappa shape index (κ1) is 12.3. The molecule has 0 saturated carbocycles. The van der Waals surface area contributed by atoms with Crippen LogP contribution in [0.3, 0.4) is 0 Å². The van der Waals surface area contributed by atoms with Crippen molar-refractivity contribution in [2.45, 2.75) is 25.2 Å². The highest BCUT2D eigenvalue weighted by Crippen LogP contribution is 2.28. The van der Waals surface area contributed by atoms with Crippen LogP contribution in [-0.4, -0.2) is 24.2 Å². The summed E-state index contributed by atoms with van der Waals surface area (Å²) >= 11 is 0. The first-order valence-corrected chi connectivity index (χ1v) is 5.34. The van der Waals surface area contributed by atoms with Crippen LogP contribution >= 0.6 is 0 Å². The molecule has 94 valence electrons. The van der Waals surface area contributed by atoms with Crippen molar-refractivity contribution in [2.24, 2.45) is 0 Å². The summed E-state index contributed by atoms with van der Waals surface area (Å²) in [6, 6.07) is 2.54. The highest BCUT2D eigenvalue weighted by Gasteiger charge is 2.32. The minimum absolute atomic E-state index is 0.0893. The molecule has 1 aliphatic heterocycles. The van der Waals surface area contributed by atoms with Crippen molar-refractivity contribution in [2.75, 3.05) is 13.2 Å². The van der Waals surface area contributed by atoms with Gasteiger partial charge in [0.25, 0.3) is 0 Å². The molecular formula is C11H13F3N2O. The molecule has 2 atom stereocenters. The van der Waals surface area contributed by atoms with Crippen molar-refractivity contribution >= 4 is 0 Å². The Hall–Kier alpha value is -1.14. The van der Waals surface area contributed by atoms with Crippen LogP contribution in [0.15, 0.2) is 18.3 Å². The molecule has 0 radical (unpaired) electrons. The third-order valence-corrected chi connectivity index (χ3v) is 2.62. The topological polar surface area (TPSA) is 34.1 Å². The fraction of sp³-hybridized carbons (Fsp3) is 0.545. The van der Waals surface area contributed by atoms with Gasteiger partial charge in [-0.1, -0.05) is 6.07 Å². The van der Waals surface area contributed by atoms with E-state index in [1.807, 2.05) is 6.92 Å². The fourth-order valence-corrected chi connectivity index (χ4v) is 1.77. The number of aromatic nitrogens is 1. The van der Waals surface area contributed by atoms with E-state index in [-0.39, 0.29) is 12.1 Å². The number of morpholine rings is 1. The summed E-state index contributed by atoms with van der Waals surface area (Å²) < 4.78 is 42.3. The third kappa shape index (κ3) is 2.95. The Labute approximate surface area is 97.0 Å². The molecule has 1 N–H and O–H groups in total. The van der Waals surface area contributed by atoms with E-state index < -0.39 is 11.9 Å². The number of rotatable bonds is 1. The van der Waals surface area contributed by atoms with Gasteiger partial charge < -0.3 is 10.1 Å². The second-order valence-electron chi connectivity index (χ2n) is 4.13. The maximum atomic E-state index is 12.3. The van der Waals surface area contributed by atoms with E-state index in [4.69, 9.17) is 4.74 Å². The smallest absolute Gasteiger partial charge is 0.378 e. The minimum Gasteiger partial charge on any atom is -0.378 e. The van der Waals surface area contributed by atoms with Crippen LogP contribution in [0.4, 0.5) is 13.2 Å². The van der Waals surface area contributed by atoms with Crippen LogP contribution in [0.2, 0.25) is 0 Å². The van der Waals surface area contributed by atoms with Crippen molar-refractivity contribution in [1.29, 1.82) is 0 Å². The highest BCUT2D eigenvalue weighted by atomic mass is 19.4. The maximum absolute atomic E-state index is 12.3. The predicted octanol–water partition coefficient (Wildman–Crippen LogP) is 2.15. The monoisotopic (exact) mass is 246 g/mol. The number of ether oxygens (including phenoxy) is 1. The minimum atomic E-state index is -4.39. The van der Waals surface area contributed by atoms with Gasteiger partial charge in [-0.2, -0.15) is 13.2 Å². The molecule has 0 unspecified atom stereocenters. The molecular weight excluding hydrogens is 233 g/mol. The molecule has 1 aromatic heterocycles. The molecule has 2 heterocycles. The SMILES string of the molecule is C[C@@H]1COC[C@H](c2ccc(C(F)(F)F)nc2)N1. The van der Waals surface area contributed by atoms with Crippen LogP contribution in [0.5, 0.6) is 0 Å². The first-order chi connectivity index (χ1) is 7.97. The normalized spacial score (nSPS) is 25.9. The molecule has 17 heavy (non-hydrogen) atoms. The Bertz CT molecular complexity index is 377. The number of pyridine rings is 1. The quantitative estimate of drug-likeness (QED) is 0.824. The molecule has 1 aliphatic rings. The van der Waals surface area contributed by atoms with Crippen LogP contribution in [0.25, 0.3) is 0 Å². The average Bonchev–Trinajstić information content (AvgIpc) is 2.28. The van der Waals surface area contributed by atoms with Crippen LogP contribution < -0.4 is 5.32 Å². The summed E-state index contributed by atoms with van der Waals surface area (Å²) in [5.74, 6) is 0. The molecule has 0 amide bonds. The number of hydrogen-bond acceptors (Lipinski definition) is 3. The van der Waals surface area contributed by atoms with Gasteiger partial charge in [-0.3, -0.25) is 4.98 Å². The van der Waals surface area contributed by atoms with Crippen molar-refractivity contribution in [3.8, 4) is 0 Å². The van der Waals surface area contributed by atoms with Crippen molar-refractivity contribution in [3.63, 3.8) is 0 Å². The lowest BCUT2D eigenvalue weighted by Crippen LogP contribution is -2.41. The third-order valence-electron chi connectivity index (χ3n) is 2.62. The van der Waals surface area contributed by atoms with E-state index in [0.29, 0.717) is 18.8 Å². The standard InChI is InChI=1S/C11H13F3N2O/c1-7-5-17-6-9(16-7)8-2-3-10(15-4-8)11(12,13)14/h2-4,7,9,16H,5-6H2,1H3/t7-,9-/m1/s1. The molecule has 1 saturated heterocycles. The lowest BCUT2D eigenvalue weighted by molar-refractivity contribution is -0.141. The summed E-state index contributed by atoms with van der Waals surface area (Å²) in [4.78, 5) is 3.43. The van der Waals surface area contributed by atoms with E-state index in [1.165, 1.54) is 12.3 Å². The molecule has 1 aromatic rings. The van der Waals surface area contributed by atoms with Gasteiger partial charge in [0.1, 0.15) is 5.69 Å². The number of hydrogen-bond donors (Lipinski definition) is 1. The summed E-state index contributed by atoms with van der Waals surface area (Å²) in [6.45, 7) is 3.03. The van der Waals surface area contributed by atoms with Gasteiger partial charge in [0.15, 0.2) is 0 Å². The fourth-order valence-electron chi connectivity index (χ4n) is 1.77. The Morgan fingerprint density at radius 1 is 1.35 bits per heavy atom. The Balaban J connectivity index is 2.12. The van der Waals surface area contributed by atoms with Gasteiger partial charge in [-0.15, -0.1) is 0 Å². The number of nitrogens with one attached hydrogen (secondary N) is 1. The summed E-state index contributed by atoms with van der Waals surface area (Å²) in [5, 5.41) is 3.24. The Morgan fingerprint density at radius 2 is 2.12 bits per heavy atom. The zero-order valence-corrected chi connectivity index (χ0v) is 9.29. The molecule has 0 bridgehead atoms. The number of halogens is 3. The molecule has 6 heteroatoms. The van der Waals surface area contributed by atoms with E-state index >= 15 is 0 Å². The lowest BCUT2D eigenvalue weighted by Gasteiger charge is -2.29. The van der Waals surface area contributed by atoms with Crippen molar-refractivity contribution in [3.05, 3.63) is 29.6 Å². The van der Waals surface area contributed by atoms with Crippen LogP contribution in [-0.2, 0) is 10.9 Å². The summed E-state index contributed by atoms with van der Waals surface area (Å²) in [5.41, 5.74) is -0.157. The van der Waals surface area contributed by atoms with Gasteiger partial charge in [0, 0.05) is 12.2 Å². The second kappa shape index (κ2) is 4.62. The van der Waals surface area contributed by atoms with Crippen molar-refractivity contribution < 1.29 is 17.9 Å². The number of nitrogens with zero attached hydrogens (tertiary/aromatic N) is 1. The lowest BCUT2D eigenvalue weighted by atomic mass is 10.1. The van der Waals surface area contributed by atoms with Gasteiger partial charge in [-0.25, -0.2) is 0 Å². The average molecular weight is 246 g/mol. The van der Waals surface area contributed by atoms with E-state index in [2.05, 4.69) is 10.3 Å². The molecule has 0 aromatic carbocycles. The summed E-state index contributed by atoms with van der Waals surface area (Å²) in [6.07, 6.45) is -3.13. The molecule has 3 nitrogen and oxygen atoms in total. The first-order valence-electron chi connectivity index (χ1n) is 5.34. The number of alkyl halides is 3. The zero-order valence-electron chi connectivity index (χ0n) is 9.29. The Kier molecular flexibility index (Phi) is 3.35. The molecule has 0 aliphatic carbocycles. The van der Waals surface area contributed by atoms with Gasteiger partial charge in [0.05, 0.1) is 19.3 Å². The predicted molar refractivity (Wildman–Crippen MR) is 55.4 cm³/mol. The van der Waals surface area contributed by atoms with Crippen molar-refractivity contribution in [1.82, 2.24) is 10.3 Å². The van der Waals surface area contributed by atoms with Crippen LogP contribution in [0.1, 0.15) is 24.2 Å². The van der Waals surface area contributed by atoms with E-state index in [0.717, 1.165) is 6.07 Å². The van der Waals surface area contributed by atoms with Gasteiger partial charge in [0.2, 0.25) is 0 Å². The molecule has 0 spiro atoms. The van der Waals surface area contributed by atoms with E-state index in [9.17, 15) is 13.2 Å². The largest absolute Gasteiger partial charge is 0.433 e. The van der Waals surface area contributed by atoms with E-state index in [1.54, 1.807) is 0 Å². The maximum Gasteiger partial charge on any atom is 0.433 e.